The Morgan fingerprint density at radius 2 is 1.71 bits per heavy atom. The second-order valence-electron chi connectivity index (χ2n) is 13.5. The number of carbonyl (C=O) groups excluding carboxylic acids is 4. The molecule has 0 radical (unpaired) electrons. The van der Waals surface area contributed by atoms with E-state index in [-0.39, 0.29) is 36.9 Å². The van der Waals surface area contributed by atoms with Crippen LogP contribution < -0.4 is 5.73 Å². The maximum absolute atomic E-state index is 14.2. The van der Waals surface area contributed by atoms with Crippen LogP contribution in [-0.4, -0.2) is 80.7 Å². The molecule has 0 aromatic carbocycles. The predicted octanol–water partition coefficient (Wildman–Crippen LogP) is 1.17. The standard InChI is InChI=1S/C31H47NO10/c1-6-16(34)11-23(38)42-28-21(36)13-30(4)18(27(28)41-15(3)33)9-8-17-24-20(35)12-19(14(2)7-10-22(32)37)31(24,5)29(40)26(39)25(17)30/h7,16-21,24-28,34-36,39H,6,8-13H2,1-5H3,(H2,32,37). The van der Waals surface area contributed by atoms with E-state index in [1.165, 1.54) is 6.92 Å². The number of amides is 1. The molecule has 42 heavy (non-hydrogen) atoms. The lowest BCUT2D eigenvalue weighted by atomic mass is 9.42. The number of ether oxygens (including phenoxy) is 2. The second-order valence-corrected chi connectivity index (χ2v) is 13.5. The van der Waals surface area contributed by atoms with Gasteiger partial charge in [0.05, 0.1) is 24.7 Å². The lowest BCUT2D eigenvalue weighted by Gasteiger charge is -2.63. The molecule has 0 aromatic rings. The number of ketones is 1. The molecule has 0 bridgehead atoms. The number of hydrogen-bond acceptors (Lipinski definition) is 10. The van der Waals surface area contributed by atoms with Crippen LogP contribution in [0.1, 0.15) is 79.6 Å². The van der Waals surface area contributed by atoms with E-state index in [9.17, 15) is 39.6 Å². The minimum atomic E-state index is -1.40. The van der Waals surface area contributed by atoms with E-state index in [1.807, 2.05) is 13.8 Å². The molecular weight excluding hydrogens is 546 g/mol. The van der Waals surface area contributed by atoms with E-state index in [1.54, 1.807) is 19.9 Å². The number of fused-ring (bicyclic) bond motifs is 5. The Morgan fingerprint density at radius 3 is 2.31 bits per heavy atom. The monoisotopic (exact) mass is 593 g/mol. The maximum Gasteiger partial charge on any atom is 0.308 e. The molecule has 0 aliphatic heterocycles. The summed E-state index contributed by atoms with van der Waals surface area (Å²) < 4.78 is 11.3. The first kappa shape index (κ1) is 32.6. The number of Topliss-reactive ketones (excluding diaryl/α,β-unsaturated/α-hetero) is 1. The molecule has 4 rings (SSSR count). The normalized spacial score (nSPS) is 43.9. The number of allylic oxidation sites excluding steroid dienone is 1. The summed E-state index contributed by atoms with van der Waals surface area (Å²) in [6.45, 7) is 8.46. The summed E-state index contributed by atoms with van der Waals surface area (Å²) in [4.78, 5) is 50.4. The fourth-order valence-corrected chi connectivity index (χ4v) is 9.36. The molecule has 4 aliphatic rings. The average molecular weight is 594 g/mol. The van der Waals surface area contributed by atoms with Crippen molar-refractivity contribution in [3.63, 3.8) is 0 Å². The molecule has 6 N–H and O–H groups in total. The fourth-order valence-electron chi connectivity index (χ4n) is 9.36. The number of primary amides is 1. The largest absolute Gasteiger partial charge is 0.458 e. The number of aliphatic hydroxyl groups is 4. The van der Waals surface area contributed by atoms with Gasteiger partial charge in [0.25, 0.3) is 0 Å². The third-order valence-electron chi connectivity index (χ3n) is 11.2. The molecule has 13 unspecified atom stereocenters. The van der Waals surface area contributed by atoms with Crippen LogP contribution in [0.15, 0.2) is 11.6 Å². The molecule has 13 atom stereocenters. The van der Waals surface area contributed by atoms with Crippen molar-refractivity contribution in [1.29, 1.82) is 0 Å². The van der Waals surface area contributed by atoms with Gasteiger partial charge in [-0.1, -0.05) is 32.4 Å². The third-order valence-corrected chi connectivity index (χ3v) is 11.2. The lowest BCUT2D eigenvalue weighted by molar-refractivity contribution is -0.241. The first-order valence-corrected chi connectivity index (χ1v) is 15.2. The molecule has 4 fully saturated rings. The highest BCUT2D eigenvalue weighted by molar-refractivity contribution is 5.91. The van der Waals surface area contributed by atoms with Gasteiger partial charge in [0.2, 0.25) is 5.91 Å². The lowest BCUT2D eigenvalue weighted by Crippen LogP contribution is -2.68. The van der Waals surface area contributed by atoms with Crippen LogP contribution in [0, 0.1) is 40.4 Å². The Bertz CT molecular complexity index is 1120. The zero-order valence-corrected chi connectivity index (χ0v) is 25.2. The fraction of sp³-hybridized carbons (Fsp3) is 0.806. The van der Waals surface area contributed by atoms with Crippen LogP contribution >= 0.6 is 0 Å². The van der Waals surface area contributed by atoms with Crippen LogP contribution in [0.3, 0.4) is 0 Å². The molecule has 0 heterocycles. The summed E-state index contributed by atoms with van der Waals surface area (Å²) in [6, 6.07) is 0. The molecule has 0 saturated heterocycles. The zero-order chi connectivity index (χ0) is 31.3. The Labute approximate surface area is 246 Å². The number of carbonyl (C=O) groups is 4. The molecule has 1 amide bonds. The number of nitrogens with two attached hydrogens (primary N) is 1. The maximum atomic E-state index is 14.2. The predicted molar refractivity (Wildman–Crippen MR) is 149 cm³/mol. The molecule has 4 saturated carbocycles. The minimum absolute atomic E-state index is 0.0142. The van der Waals surface area contributed by atoms with E-state index >= 15 is 0 Å². The van der Waals surface area contributed by atoms with Crippen LogP contribution in [0.5, 0.6) is 0 Å². The first-order valence-electron chi connectivity index (χ1n) is 15.2. The number of rotatable bonds is 8. The van der Waals surface area contributed by atoms with Gasteiger partial charge in [-0.05, 0) is 56.3 Å². The SMILES string of the molecule is CCC(O)CC(=O)OC1C(O)CC2(C)C(CCC3C2C(O)C(=O)C2(C)C(C(C)=CCC(N)=O)CC(O)C32)C1OC(C)=O. The van der Waals surface area contributed by atoms with E-state index in [4.69, 9.17) is 15.2 Å². The van der Waals surface area contributed by atoms with E-state index < -0.39 is 83.1 Å². The van der Waals surface area contributed by atoms with Gasteiger partial charge >= 0.3 is 11.9 Å². The Hall–Kier alpha value is -2.34. The van der Waals surface area contributed by atoms with Crippen molar-refractivity contribution in [2.45, 2.75) is 116 Å². The summed E-state index contributed by atoms with van der Waals surface area (Å²) in [6.07, 6.45) is -3.37. The molecule has 0 aromatic heterocycles. The number of esters is 2. The van der Waals surface area contributed by atoms with Crippen molar-refractivity contribution >= 4 is 23.6 Å². The average Bonchev–Trinajstić information content (AvgIpc) is 3.18. The molecule has 4 aliphatic carbocycles. The van der Waals surface area contributed by atoms with Crippen molar-refractivity contribution < 1.29 is 49.1 Å². The minimum Gasteiger partial charge on any atom is -0.458 e. The molecule has 11 nitrogen and oxygen atoms in total. The highest BCUT2D eigenvalue weighted by Crippen LogP contribution is 2.67. The van der Waals surface area contributed by atoms with Crippen molar-refractivity contribution in [3.8, 4) is 0 Å². The van der Waals surface area contributed by atoms with Crippen molar-refractivity contribution in [2.75, 3.05) is 0 Å². The second kappa shape index (κ2) is 12.0. The summed E-state index contributed by atoms with van der Waals surface area (Å²) in [5.74, 6) is -4.41. The van der Waals surface area contributed by atoms with Gasteiger partial charge in [0.1, 0.15) is 12.2 Å². The quantitative estimate of drug-likeness (QED) is 0.201. The zero-order valence-electron chi connectivity index (χ0n) is 25.2. The van der Waals surface area contributed by atoms with Gasteiger partial charge in [-0.2, -0.15) is 0 Å². The van der Waals surface area contributed by atoms with Gasteiger partial charge in [-0.25, -0.2) is 0 Å². The summed E-state index contributed by atoms with van der Waals surface area (Å²) in [5, 5.41) is 44.4. The van der Waals surface area contributed by atoms with Crippen molar-refractivity contribution in [2.24, 2.45) is 46.2 Å². The summed E-state index contributed by atoms with van der Waals surface area (Å²) >= 11 is 0. The van der Waals surface area contributed by atoms with Crippen LogP contribution in [0.25, 0.3) is 0 Å². The van der Waals surface area contributed by atoms with Crippen molar-refractivity contribution in [3.05, 3.63) is 11.6 Å². The van der Waals surface area contributed by atoms with E-state index in [0.717, 1.165) is 5.57 Å². The van der Waals surface area contributed by atoms with Gasteiger partial charge < -0.3 is 35.6 Å². The number of aliphatic hydroxyl groups excluding tert-OH is 4. The first-order chi connectivity index (χ1) is 19.6. The Morgan fingerprint density at radius 1 is 1.05 bits per heavy atom. The summed E-state index contributed by atoms with van der Waals surface area (Å²) in [5.41, 5.74) is 4.15. The van der Waals surface area contributed by atoms with Crippen LogP contribution in [0.2, 0.25) is 0 Å². The highest BCUT2D eigenvalue weighted by atomic mass is 16.6. The topological polar surface area (TPSA) is 194 Å². The van der Waals surface area contributed by atoms with Gasteiger partial charge in [-0.3, -0.25) is 19.2 Å². The third kappa shape index (κ3) is 5.42. The van der Waals surface area contributed by atoms with E-state index in [0.29, 0.717) is 25.7 Å². The number of hydrogen-bond donors (Lipinski definition) is 5. The van der Waals surface area contributed by atoms with Crippen molar-refractivity contribution in [1.82, 2.24) is 0 Å². The Kier molecular flexibility index (Phi) is 9.29. The van der Waals surface area contributed by atoms with Crippen LogP contribution in [-0.2, 0) is 28.7 Å². The molecule has 11 heteroatoms. The molecule has 0 spiro atoms. The van der Waals surface area contributed by atoms with Gasteiger partial charge in [0.15, 0.2) is 11.9 Å². The Balaban J connectivity index is 1.69. The van der Waals surface area contributed by atoms with Crippen LogP contribution in [0.4, 0.5) is 0 Å². The molecule has 236 valence electrons. The summed E-state index contributed by atoms with van der Waals surface area (Å²) in [7, 11) is 0. The van der Waals surface area contributed by atoms with E-state index in [2.05, 4.69) is 0 Å². The smallest absolute Gasteiger partial charge is 0.308 e. The van der Waals surface area contributed by atoms with Gasteiger partial charge in [-0.15, -0.1) is 0 Å². The molecular formula is C31H47NO10. The highest BCUT2D eigenvalue weighted by Gasteiger charge is 2.71. The van der Waals surface area contributed by atoms with Gasteiger partial charge in [0, 0.05) is 36.5 Å².